The Labute approximate surface area is 171 Å². The number of fused-ring (bicyclic) bond motifs is 1. The highest BCUT2D eigenvalue weighted by atomic mass is 16.6. The lowest BCUT2D eigenvalue weighted by Gasteiger charge is -2.27. The first-order chi connectivity index (χ1) is 13.8. The van der Waals surface area contributed by atoms with Gasteiger partial charge in [-0.05, 0) is 60.6 Å². The van der Waals surface area contributed by atoms with E-state index < -0.39 is 11.5 Å². The Bertz CT molecular complexity index is 888. The van der Waals surface area contributed by atoms with E-state index in [2.05, 4.69) is 11.7 Å². The van der Waals surface area contributed by atoms with Gasteiger partial charge in [-0.3, -0.25) is 14.9 Å². The van der Waals surface area contributed by atoms with Gasteiger partial charge in [0.2, 0.25) is 5.54 Å². The molecule has 0 N–H and O–H groups in total. The lowest BCUT2D eigenvalue weighted by atomic mass is 9.86. The van der Waals surface area contributed by atoms with Gasteiger partial charge >= 0.3 is 5.97 Å². The lowest BCUT2D eigenvalue weighted by Crippen LogP contribution is -2.32. The summed E-state index contributed by atoms with van der Waals surface area (Å²) in [6.07, 6.45) is 4.91. The van der Waals surface area contributed by atoms with E-state index in [1.807, 2.05) is 30.3 Å². The van der Waals surface area contributed by atoms with Crippen molar-refractivity contribution in [3.05, 3.63) is 52.1 Å². The largest absolute Gasteiger partial charge is 0.490 e. The Hall–Kier alpha value is -2.63. The quantitative estimate of drug-likeness (QED) is 0.361. The molecule has 2 aromatic carbocycles. The van der Waals surface area contributed by atoms with Gasteiger partial charge in [-0.2, -0.15) is 0 Å². The molecule has 1 saturated carbocycles. The normalized spacial score (nSPS) is 21.3. The predicted molar refractivity (Wildman–Crippen MR) is 112 cm³/mol. The van der Waals surface area contributed by atoms with Gasteiger partial charge in [0, 0.05) is 23.8 Å². The van der Waals surface area contributed by atoms with Gasteiger partial charge in [-0.25, -0.2) is 0 Å². The van der Waals surface area contributed by atoms with Crippen molar-refractivity contribution >= 4 is 16.7 Å². The molecule has 0 spiro atoms. The van der Waals surface area contributed by atoms with Crippen LogP contribution in [0.25, 0.3) is 10.8 Å². The molecule has 156 valence electrons. The Kier molecular flexibility index (Phi) is 6.40. The summed E-state index contributed by atoms with van der Waals surface area (Å²) >= 11 is 0. The molecule has 1 fully saturated rings. The number of carbonyl (C=O) groups is 1. The third-order valence-electron chi connectivity index (χ3n) is 6.15. The van der Waals surface area contributed by atoms with E-state index in [0.717, 1.165) is 35.3 Å². The number of benzene rings is 2. The number of hydrogen-bond acceptors (Lipinski definition) is 5. The van der Waals surface area contributed by atoms with E-state index in [0.29, 0.717) is 5.56 Å². The molecule has 0 amide bonds. The number of rotatable bonds is 7. The molecule has 0 saturated heterocycles. The first-order valence-corrected chi connectivity index (χ1v) is 10.2. The maximum atomic E-state index is 11.8. The van der Waals surface area contributed by atoms with Gasteiger partial charge in [0.15, 0.2) is 0 Å². The van der Waals surface area contributed by atoms with Crippen molar-refractivity contribution in [2.75, 3.05) is 7.11 Å². The van der Waals surface area contributed by atoms with Crippen LogP contribution in [0, 0.1) is 16.0 Å². The second-order valence-corrected chi connectivity index (χ2v) is 8.33. The van der Waals surface area contributed by atoms with Crippen LogP contribution in [0.5, 0.6) is 5.75 Å². The van der Waals surface area contributed by atoms with E-state index >= 15 is 0 Å². The first-order valence-electron chi connectivity index (χ1n) is 10.2. The second kappa shape index (κ2) is 8.80. The molecular formula is C23H29NO5. The predicted octanol–water partition coefficient (Wildman–Crippen LogP) is 5.24. The molecular weight excluding hydrogens is 370 g/mol. The summed E-state index contributed by atoms with van der Waals surface area (Å²) in [5.41, 5.74) is -0.773. The topological polar surface area (TPSA) is 78.7 Å². The fraction of sp³-hybridized carbons (Fsp3) is 0.522. The van der Waals surface area contributed by atoms with Crippen LogP contribution in [0.2, 0.25) is 0 Å². The number of methoxy groups -OCH3 is 1. The van der Waals surface area contributed by atoms with Crippen LogP contribution in [0.4, 0.5) is 0 Å². The fourth-order valence-corrected chi connectivity index (χ4v) is 3.96. The Morgan fingerprint density at radius 1 is 1.14 bits per heavy atom. The summed E-state index contributed by atoms with van der Waals surface area (Å²) < 4.78 is 10.8. The van der Waals surface area contributed by atoms with Gasteiger partial charge in [-0.15, -0.1) is 0 Å². The molecule has 6 nitrogen and oxygen atoms in total. The van der Waals surface area contributed by atoms with Gasteiger partial charge in [-0.1, -0.05) is 25.1 Å². The van der Waals surface area contributed by atoms with Crippen LogP contribution in [0.15, 0.2) is 36.4 Å². The zero-order valence-corrected chi connectivity index (χ0v) is 17.3. The summed E-state index contributed by atoms with van der Waals surface area (Å²) in [6, 6.07) is 11.4. The SMILES string of the molecule is COC(=O)CCC(C)(c1ccc2cc(OC3CCC(C)CC3)ccc2c1)[N+](=O)[O-]. The Morgan fingerprint density at radius 3 is 2.45 bits per heavy atom. The van der Waals surface area contributed by atoms with E-state index in [9.17, 15) is 14.9 Å². The van der Waals surface area contributed by atoms with Crippen molar-refractivity contribution in [1.82, 2.24) is 0 Å². The molecule has 3 rings (SSSR count). The summed E-state index contributed by atoms with van der Waals surface area (Å²) in [5, 5.41) is 13.7. The minimum absolute atomic E-state index is 0.00119. The fourth-order valence-electron chi connectivity index (χ4n) is 3.96. The number of hydrogen-bond donors (Lipinski definition) is 0. The molecule has 1 aliphatic rings. The van der Waals surface area contributed by atoms with Gasteiger partial charge < -0.3 is 9.47 Å². The molecule has 0 aliphatic heterocycles. The van der Waals surface area contributed by atoms with E-state index in [1.54, 1.807) is 13.0 Å². The van der Waals surface area contributed by atoms with Crippen LogP contribution in [0.3, 0.4) is 0 Å². The van der Waals surface area contributed by atoms with E-state index in [-0.39, 0.29) is 23.9 Å². The Balaban J connectivity index is 1.80. The summed E-state index contributed by atoms with van der Waals surface area (Å²) in [6.45, 7) is 3.84. The summed E-state index contributed by atoms with van der Waals surface area (Å²) in [4.78, 5) is 23.0. The minimum atomic E-state index is -1.35. The van der Waals surface area contributed by atoms with E-state index in [4.69, 9.17) is 4.74 Å². The molecule has 0 heterocycles. The third kappa shape index (κ3) is 4.86. The highest BCUT2D eigenvalue weighted by Crippen LogP contribution is 2.34. The van der Waals surface area contributed by atoms with Gasteiger partial charge in [0.25, 0.3) is 0 Å². The molecule has 2 aromatic rings. The number of nitrogens with zero attached hydrogens (tertiary/aromatic N) is 1. The highest BCUT2D eigenvalue weighted by molar-refractivity contribution is 5.84. The molecule has 1 aliphatic carbocycles. The zero-order valence-electron chi connectivity index (χ0n) is 17.3. The molecule has 6 heteroatoms. The Morgan fingerprint density at radius 2 is 1.79 bits per heavy atom. The smallest absolute Gasteiger partial charge is 0.305 e. The highest BCUT2D eigenvalue weighted by Gasteiger charge is 2.39. The van der Waals surface area contributed by atoms with Crippen LogP contribution in [-0.4, -0.2) is 24.1 Å². The lowest BCUT2D eigenvalue weighted by molar-refractivity contribution is -0.575. The van der Waals surface area contributed by atoms with Crippen LogP contribution >= 0.6 is 0 Å². The van der Waals surface area contributed by atoms with Crippen molar-refractivity contribution in [3.8, 4) is 5.75 Å². The molecule has 0 aromatic heterocycles. The second-order valence-electron chi connectivity index (χ2n) is 8.33. The summed E-state index contributed by atoms with van der Waals surface area (Å²) in [5.74, 6) is 1.17. The van der Waals surface area contributed by atoms with Crippen molar-refractivity contribution in [3.63, 3.8) is 0 Å². The van der Waals surface area contributed by atoms with Gasteiger partial charge in [0.1, 0.15) is 5.75 Å². The zero-order chi connectivity index (χ0) is 21.0. The maximum absolute atomic E-state index is 11.8. The van der Waals surface area contributed by atoms with Crippen molar-refractivity contribution in [2.45, 2.75) is 64.0 Å². The molecule has 29 heavy (non-hydrogen) atoms. The van der Waals surface area contributed by atoms with Crippen molar-refractivity contribution in [2.24, 2.45) is 5.92 Å². The van der Waals surface area contributed by atoms with Crippen LogP contribution in [0.1, 0.15) is 57.9 Å². The third-order valence-corrected chi connectivity index (χ3v) is 6.15. The van der Waals surface area contributed by atoms with Crippen molar-refractivity contribution < 1.29 is 19.2 Å². The molecule has 1 unspecified atom stereocenters. The van der Waals surface area contributed by atoms with Crippen molar-refractivity contribution in [1.29, 1.82) is 0 Å². The van der Waals surface area contributed by atoms with E-state index in [1.165, 1.54) is 20.0 Å². The average molecular weight is 399 g/mol. The molecule has 1 atom stereocenters. The average Bonchev–Trinajstić information content (AvgIpc) is 2.72. The monoisotopic (exact) mass is 399 g/mol. The molecule has 0 radical (unpaired) electrons. The molecule has 0 bridgehead atoms. The van der Waals surface area contributed by atoms with Crippen LogP contribution in [-0.2, 0) is 15.1 Å². The standard InChI is InChI=1S/C23H29NO5/c1-16-4-9-20(10-5-16)29-21-11-7-17-14-19(8-6-18(17)15-21)23(2,24(26)27)13-12-22(25)28-3/h6-8,11,14-16,20H,4-5,9-10,12-13H2,1-3H3. The number of carbonyl (C=O) groups excluding carboxylic acids is 1. The first kappa shape index (κ1) is 21.1. The van der Waals surface area contributed by atoms with Gasteiger partial charge in [0.05, 0.1) is 19.6 Å². The summed E-state index contributed by atoms with van der Waals surface area (Å²) in [7, 11) is 1.29. The number of nitro groups is 1. The maximum Gasteiger partial charge on any atom is 0.305 e. The number of esters is 1. The minimum Gasteiger partial charge on any atom is -0.490 e. The number of ether oxygens (including phenoxy) is 2. The van der Waals surface area contributed by atoms with Crippen LogP contribution < -0.4 is 4.74 Å².